The number of carboxylic acid groups (broad SMARTS) is 2. The van der Waals surface area contributed by atoms with Crippen LogP contribution in [-0.2, 0) is 14.8 Å². The molecule has 0 spiro atoms. The lowest BCUT2D eigenvalue weighted by atomic mass is 10.2. The molecule has 1 atom stereocenters. The molecule has 0 amide bonds. The molecule has 1 unspecified atom stereocenters. The highest BCUT2D eigenvalue weighted by molar-refractivity contribution is 7.92. The summed E-state index contributed by atoms with van der Waals surface area (Å²) >= 11 is 5.76. The zero-order valence-electron chi connectivity index (χ0n) is 13.0. The van der Waals surface area contributed by atoms with E-state index in [1.807, 2.05) is 0 Å². The van der Waals surface area contributed by atoms with E-state index in [1.54, 1.807) is 0 Å². The summed E-state index contributed by atoms with van der Waals surface area (Å²) in [5.41, 5.74) is -0.00887. The fourth-order valence-electron chi connectivity index (χ4n) is 2.14. The van der Waals surface area contributed by atoms with Gasteiger partial charge >= 0.3 is 11.9 Å². The van der Waals surface area contributed by atoms with Crippen LogP contribution in [0.25, 0.3) is 0 Å². The van der Waals surface area contributed by atoms with Crippen LogP contribution in [-0.4, -0.2) is 36.6 Å². The average Bonchev–Trinajstić information content (AvgIpc) is 2.55. The molecule has 0 aromatic heterocycles. The number of halogens is 1. The molecule has 7 nitrogen and oxygen atoms in total. The predicted octanol–water partition coefficient (Wildman–Crippen LogP) is 2.71. The van der Waals surface area contributed by atoms with Gasteiger partial charge in [0.2, 0.25) is 0 Å². The van der Waals surface area contributed by atoms with E-state index in [0.717, 1.165) is 4.31 Å². The monoisotopic (exact) mass is 383 g/mol. The quantitative estimate of drug-likeness (QED) is 0.793. The Bertz CT molecular complexity index is 893. The molecule has 0 aliphatic rings. The first-order valence-corrected chi connectivity index (χ1v) is 8.82. The Labute approximate surface area is 149 Å². The van der Waals surface area contributed by atoms with Crippen molar-refractivity contribution in [1.29, 1.82) is 0 Å². The molecule has 25 heavy (non-hydrogen) atoms. The van der Waals surface area contributed by atoms with E-state index in [-0.39, 0.29) is 16.1 Å². The maximum absolute atomic E-state index is 12.9. The predicted molar refractivity (Wildman–Crippen MR) is 91.6 cm³/mol. The second-order valence-electron chi connectivity index (χ2n) is 5.12. The second kappa shape index (κ2) is 7.12. The number of carbonyl (C=O) groups is 2. The number of anilines is 1. The number of sulfonamides is 1. The summed E-state index contributed by atoms with van der Waals surface area (Å²) in [4.78, 5) is 22.2. The highest BCUT2D eigenvalue weighted by Gasteiger charge is 2.33. The summed E-state index contributed by atoms with van der Waals surface area (Å²) in [6.07, 6.45) is 0. The number of nitrogens with zero attached hydrogens (tertiary/aromatic N) is 1. The third kappa shape index (κ3) is 3.92. The molecule has 2 aromatic carbocycles. The van der Waals surface area contributed by atoms with Gasteiger partial charge in [0.05, 0.1) is 16.1 Å². The van der Waals surface area contributed by atoms with Crippen molar-refractivity contribution in [2.75, 3.05) is 4.31 Å². The molecule has 0 aliphatic carbocycles. The number of carboxylic acids is 2. The topological polar surface area (TPSA) is 112 Å². The van der Waals surface area contributed by atoms with Crippen molar-refractivity contribution in [3.05, 3.63) is 59.1 Å². The first kappa shape index (κ1) is 18.8. The molecule has 2 rings (SSSR count). The average molecular weight is 384 g/mol. The van der Waals surface area contributed by atoms with Crippen LogP contribution < -0.4 is 4.31 Å². The lowest BCUT2D eigenvalue weighted by Gasteiger charge is -2.28. The number of hydrogen-bond acceptors (Lipinski definition) is 4. The highest BCUT2D eigenvalue weighted by Crippen LogP contribution is 2.27. The number of aliphatic carboxylic acids is 1. The van der Waals surface area contributed by atoms with Gasteiger partial charge in [-0.05, 0) is 55.5 Å². The van der Waals surface area contributed by atoms with Crippen LogP contribution in [0, 0.1) is 0 Å². The molecule has 0 heterocycles. The third-order valence-corrected chi connectivity index (χ3v) is 5.61. The van der Waals surface area contributed by atoms with Gasteiger partial charge in [-0.1, -0.05) is 11.6 Å². The Hall–Kier alpha value is -2.58. The van der Waals surface area contributed by atoms with Crippen molar-refractivity contribution >= 4 is 39.3 Å². The molecule has 0 saturated heterocycles. The van der Waals surface area contributed by atoms with Crippen molar-refractivity contribution < 1.29 is 28.2 Å². The number of benzene rings is 2. The lowest BCUT2D eigenvalue weighted by molar-refractivity contribution is -0.137. The largest absolute Gasteiger partial charge is 0.480 e. The van der Waals surface area contributed by atoms with Gasteiger partial charge in [-0.3, -0.25) is 4.31 Å². The van der Waals surface area contributed by atoms with Gasteiger partial charge in [-0.2, -0.15) is 0 Å². The molecule has 0 bridgehead atoms. The molecule has 0 aliphatic heterocycles. The summed E-state index contributed by atoms with van der Waals surface area (Å²) in [6, 6.07) is 8.80. The van der Waals surface area contributed by atoms with E-state index < -0.39 is 28.0 Å². The van der Waals surface area contributed by atoms with Gasteiger partial charge in [0.15, 0.2) is 0 Å². The molecule has 132 valence electrons. The minimum Gasteiger partial charge on any atom is -0.480 e. The molecule has 2 aromatic rings. The van der Waals surface area contributed by atoms with Gasteiger partial charge in [0, 0.05) is 5.02 Å². The van der Waals surface area contributed by atoms with E-state index in [0.29, 0.717) is 5.02 Å². The molecule has 0 radical (unpaired) electrons. The summed E-state index contributed by atoms with van der Waals surface area (Å²) < 4.78 is 26.6. The number of rotatable bonds is 6. The van der Waals surface area contributed by atoms with Crippen molar-refractivity contribution in [2.45, 2.75) is 17.9 Å². The van der Waals surface area contributed by atoms with Gasteiger partial charge in [-0.15, -0.1) is 0 Å². The molecule has 0 fully saturated rings. The Balaban J connectivity index is 2.58. The fourth-order valence-corrected chi connectivity index (χ4v) is 3.88. The first-order valence-electron chi connectivity index (χ1n) is 7.01. The highest BCUT2D eigenvalue weighted by atomic mass is 35.5. The molecule has 9 heteroatoms. The summed E-state index contributed by atoms with van der Waals surface area (Å²) in [6.45, 7) is 1.22. The first-order chi connectivity index (χ1) is 11.6. The fraction of sp³-hybridized carbons (Fsp3) is 0.125. The summed E-state index contributed by atoms with van der Waals surface area (Å²) in [5, 5.41) is 18.6. The Morgan fingerprint density at radius 1 is 1.00 bits per heavy atom. The number of hydrogen-bond donors (Lipinski definition) is 2. The van der Waals surface area contributed by atoms with Crippen molar-refractivity contribution in [3.63, 3.8) is 0 Å². The van der Waals surface area contributed by atoms with Crippen LogP contribution in [0.15, 0.2) is 53.4 Å². The van der Waals surface area contributed by atoms with Crippen LogP contribution in [0.5, 0.6) is 0 Å². The van der Waals surface area contributed by atoms with E-state index >= 15 is 0 Å². The van der Waals surface area contributed by atoms with E-state index in [2.05, 4.69) is 0 Å². The van der Waals surface area contributed by atoms with Crippen molar-refractivity contribution in [2.24, 2.45) is 0 Å². The van der Waals surface area contributed by atoms with Crippen molar-refractivity contribution in [3.8, 4) is 0 Å². The Morgan fingerprint density at radius 2 is 1.52 bits per heavy atom. The lowest BCUT2D eigenvalue weighted by Crippen LogP contribution is -2.43. The van der Waals surface area contributed by atoms with Crippen molar-refractivity contribution in [1.82, 2.24) is 0 Å². The van der Waals surface area contributed by atoms with Crippen LogP contribution in [0.2, 0.25) is 5.02 Å². The van der Waals surface area contributed by atoms with Crippen LogP contribution in [0.4, 0.5) is 5.69 Å². The van der Waals surface area contributed by atoms with Crippen LogP contribution >= 0.6 is 11.6 Å². The summed E-state index contributed by atoms with van der Waals surface area (Å²) in [7, 11) is -4.20. The molecule has 2 N–H and O–H groups in total. The normalized spacial score (nSPS) is 12.4. The van der Waals surface area contributed by atoms with Crippen LogP contribution in [0.1, 0.15) is 17.3 Å². The Morgan fingerprint density at radius 3 is 1.96 bits per heavy atom. The standard InChI is InChI=1S/C16H14ClNO6S/c1-10(15(19)20)18(13-6-2-11(3-7-13)16(21)22)25(23,24)14-8-4-12(17)5-9-14/h2-10H,1H3,(H,19,20)(H,21,22). The third-order valence-electron chi connectivity index (χ3n) is 3.45. The summed E-state index contributed by atoms with van der Waals surface area (Å²) in [5.74, 6) is -2.52. The maximum atomic E-state index is 12.9. The smallest absolute Gasteiger partial charge is 0.335 e. The van der Waals surface area contributed by atoms with Gasteiger partial charge < -0.3 is 10.2 Å². The zero-order chi connectivity index (χ0) is 18.8. The van der Waals surface area contributed by atoms with E-state index in [1.165, 1.54) is 55.5 Å². The number of aromatic carboxylic acids is 1. The maximum Gasteiger partial charge on any atom is 0.335 e. The molecular weight excluding hydrogens is 370 g/mol. The van der Waals surface area contributed by atoms with E-state index in [4.69, 9.17) is 16.7 Å². The van der Waals surface area contributed by atoms with Gasteiger partial charge in [-0.25, -0.2) is 18.0 Å². The molecular formula is C16H14ClNO6S. The van der Waals surface area contributed by atoms with Gasteiger partial charge in [0.25, 0.3) is 10.0 Å². The second-order valence-corrected chi connectivity index (χ2v) is 7.37. The SMILES string of the molecule is CC(C(=O)O)N(c1ccc(C(=O)O)cc1)S(=O)(=O)c1ccc(Cl)cc1. The Kier molecular flexibility index (Phi) is 5.34. The molecule has 0 saturated carbocycles. The zero-order valence-corrected chi connectivity index (χ0v) is 14.5. The van der Waals surface area contributed by atoms with Gasteiger partial charge in [0.1, 0.15) is 6.04 Å². The van der Waals surface area contributed by atoms with Crippen LogP contribution in [0.3, 0.4) is 0 Å². The minimum atomic E-state index is -4.20. The minimum absolute atomic E-state index is 0.0369. The van der Waals surface area contributed by atoms with E-state index in [9.17, 15) is 23.1 Å².